The Morgan fingerprint density at radius 3 is 2.46 bits per heavy atom. The van der Waals surface area contributed by atoms with Gasteiger partial charge in [0.2, 0.25) is 10.0 Å². The zero-order valence-corrected chi connectivity index (χ0v) is 16.8. The van der Waals surface area contributed by atoms with E-state index in [1.54, 1.807) is 12.1 Å². The van der Waals surface area contributed by atoms with E-state index < -0.39 is 10.0 Å². The van der Waals surface area contributed by atoms with E-state index in [0.29, 0.717) is 31.4 Å². The molecule has 1 atom stereocenters. The van der Waals surface area contributed by atoms with Gasteiger partial charge in [0.25, 0.3) is 0 Å². The molecule has 26 heavy (non-hydrogen) atoms. The summed E-state index contributed by atoms with van der Waals surface area (Å²) in [5, 5.41) is 0. The van der Waals surface area contributed by atoms with Gasteiger partial charge in [-0.15, -0.1) is 0 Å². The maximum Gasteiger partial charge on any atom is 0.244 e. The molecule has 2 rings (SSSR count). The van der Waals surface area contributed by atoms with E-state index in [0.717, 1.165) is 19.5 Å². The molecule has 1 N–H and O–H groups in total. The van der Waals surface area contributed by atoms with E-state index >= 15 is 0 Å². The molecule has 8 heteroatoms. The number of benzene rings is 1. The van der Waals surface area contributed by atoms with Gasteiger partial charge in [0.15, 0.2) is 0 Å². The molecule has 1 aromatic rings. The van der Waals surface area contributed by atoms with Gasteiger partial charge in [-0.25, -0.2) is 13.1 Å². The van der Waals surface area contributed by atoms with Crippen molar-refractivity contribution < 1.29 is 22.6 Å². The monoisotopic (exact) mass is 386 g/mol. The van der Waals surface area contributed by atoms with Crippen molar-refractivity contribution in [2.24, 2.45) is 5.92 Å². The Hall–Kier alpha value is -1.35. The molecule has 1 aromatic carbocycles. The van der Waals surface area contributed by atoms with Crippen LogP contribution < -0.4 is 14.2 Å². The third-order valence-corrected chi connectivity index (χ3v) is 5.94. The largest absolute Gasteiger partial charge is 0.497 e. The first-order valence-corrected chi connectivity index (χ1v) is 10.4. The van der Waals surface area contributed by atoms with Crippen LogP contribution in [0, 0.1) is 5.92 Å². The van der Waals surface area contributed by atoms with Gasteiger partial charge < -0.3 is 14.2 Å². The van der Waals surface area contributed by atoms with E-state index in [9.17, 15) is 8.42 Å². The van der Waals surface area contributed by atoms with Gasteiger partial charge in [-0.1, -0.05) is 13.8 Å². The summed E-state index contributed by atoms with van der Waals surface area (Å²) in [5.74, 6) is 1.29. The molecule has 0 spiro atoms. The van der Waals surface area contributed by atoms with E-state index in [2.05, 4.69) is 23.5 Å². The Morgan fingerprint density at radius 1 is 1.19 bits per heavy atom. The van der Waals surface area contributed by atoms with Crippen molar-refractivity contribution in [3.63, 3.8) is 0 Å². The lowest BCUT2D eigenvalue weighted by Crippen LogP contribution is -2.49. The first kappa shape index (κ1) is 21.0. The number of rotatable bonds is 9. The quantitative estimate of drug-likeness (QED) is 0.696. The second kappa shape index (κ2) is 9.55. The van der Waals surface area contributed by atoms with Crippen LogP contribution in [-0.4, -0.2) is 66.4 Å². The van der Waals surface area contributed by atoms with Crippen molar-refractivity contribution >= 4 is 10.0 Å². The Labute approximate surface area is 156 Å². The van der Waals surface area contributed by atoms with Crippen molar-refractivity contribution in [2.45, 2.75) is 31.2 Å². The van der Waals surface area contributed by atoms with Crippen LogP contribution in [0.3, 0.4) is 0 Å². The number of hydrogen-bond donors (Lipinski definition) is 1. The number of nitrogens with one attached hydrogen (secondary N) is 1. The van der Waals surface area contributed by atoms with Crippen molar-refractivity contribution in [3.8, 4) is 11.5 Å². The van der Waals surface area contributed by atoms with Gasteiger partial charge >= 0.3 is 0 Å². The zero-order valence-electron chi connectivity index (χ0n) is 16.0. The van der Waals surface area contributed by atoms with Crippen LogP contribution in [0.5, 0.6) is 11.5 Å². The maximum absolute atomic E-state index is 12.8. The highest BCUT2D eigenvalue weighted by atomic mass is 32.2. The molecule has 1 aliphatic heterocycles. The first-order chi connectivity index (χ1) is 12.4. The summed E-state index contributed by atoms with van der Waals surface area (Å²) in [6.45, 7) is 7.68. The van der Waals surface area contributed by atoms with Gasteiger partial charge in [0.05, 0.1) is 27.4 Å². The SMILES string of the molecule is COc1ccc(S(=O)(=O)NCC(CC(C)C)N2CCOCC2)c(OC)c1. The number of nitrogens with zero attached hydrogens (tertiary/aromatic N) is 1. The molecule has 0 aliphatic carbocycles. The van der Waals surface area contributed by atoms with E-state index in [1.165, 1.54) is 20.3 Å². The summed E-state index contributed by atoms with van der Waals surface area (Å²) in [7, 11) is -0.711. The Morgan fingerprint density at radius 2 is 1.88 bits per heavy atom. The molecular formula is C18H30N2O5S. The molecule has 1 aliphatic rings. The van der Waals surface area contributed by atoms with Crippen molar-refractivity contribution in [1.82, 2.24) is 9.62 Å². The number of hydrogen-bond acceptors (Lipinski definition) is 6. The molecule has 1 fully saturated rings. The number of methoxy groups -OCH3 is 2. The summed E-state index contributed by atoms with van der Waals surface area (Å²) in [6, 6.07) is 4.83. The minimum Gasteiger partial charge on any atom is -0.497 e. The predicted octanol–water partition coefficient (Wildman–Crippen LogP) is 1.73. The van der Waals surface area contributed by atoms with Gasteiger partial charge in [-0.05, 0) is 24.5 Å². The zero-order chi connectivity index (χ0) is 19.2. The van der Waals surface area contributed by atoms with Crippen molar-refractivity contribution in [3.05, 3.63) is 18.2 Å². The summed E-state index contributed by atoms with van der Waals surface area (Å²) in [5.41, 5.74) is 0. The van der Waals surface area contributed by atoms with Crippen molar-refractivity contribution in [1.29, 1.82) is 0 Å². The molecule has 0 amide bonds. The molecule has 1 heterocycles. The molecule has 7 nitrogen and oxygen atoms in total. The van der Waals surface area contributed by atoms with Gasteiger partial charge in [0, 0.05) is 31.7 Å². The van der Waals surface area contributed by atoms with E-state index in [4.69, 9.17) is 14.2 Å². The van der Waals surface area contributed by atoms with Crippen LogP contribution in [0.2, 0.25) is 0 Å². The van der Waals surface area contributed by atoms with E-state index in [-0.39, 0.29) is 16.7 Å². The molecule has 1 saturated heterocycles. The van der Waals surface area contributed by atoms with Crippen LogP contribution in [0.25, 0.3) is 0 Å². The van der Waals surface area contributed by atoms with E-state index in [1.807, 2.05) is 0 Å². The lowest BCUT2D eigenvalue weighted by Gasteiger charge is -2.35. The highest BCUT2D eigenvalue weighted by Gasteiger charge is 2.26. The molecule has 0 saturated carbocycles. The van der Waals surface area contributed by atoms with Gasteiger partial charge in [-0.2, -0.15) is 0 Å². The second-order valence-corrected chi connectivity index (χ2v) is 8.54. The maximum atomic E-state index is 12.8. The summed E-state index contributed by atoms with van der Waals surface area (Å²) < 4.78 is 44.2. The average Bonchev–Trinajstić information content (AvgIpc) is 2.65. The lowest BCUT2D eigenvalue weighted by molar-refractivity contribution is 0.0134. The predicted molar refractivity (Wildman–Crippen MR) is 100 cm³/mol. The van der Waals surface area contributed by atoms with Crippen LogP contribution in [0.1, 0.15) is 20.3 Å². The standard InChI is InChI=1S/C18H30N2O5S/c1-14(2)11-15(20-7-9-25-10-8-20)13-19-26(21,22)18-6-5-16(23-3)12-17(18)24-4/h5-6,12,14-15,19H,7-11,13H2,1-4H3. The van der Waals surface area contributed by atoms with Crippen LogP contribution in [0.15, 0.2) is 23.1 Å². The van der Waals surface area contributed by atoms with Crippen molar-refractivity contribution in [2.75, 3.05) is 47.1 Å². The smallest absolute Gasteiger partial charge is 0.244 e. The highest BCUT2D eigenvalue weighted by molar-refractivity contribution is 7.89. The summed E-state index contributed by atoms with van der Waals surface area (Å²) in [4.78, 5) is 2.42. The summed E-state index contributed by atoms with van der Waals surface area (Å²) in [6.07, 6.45) is 0.919. The second-order valence-electron chi connectivity index (χ2n) is 6.80. The fraction of sp³-hybridized carbons (Fsp3) is 0.667. The molecular weight excluding hydrogens is 356 g/mol. The Kier molecular flexibility index (Phi) is 7.69. The molecule has 0 bridgehead atoms. The highest BCUT2D eigenvalue weighted by Crippen LogP contribution is 2.28. The van der Waals surface area contributed by atoms with Crippen LogP contribution >= 0.6 is 0 Å². The topological polar surface area (TPSA) is 77.1 Å². The molecule has 0 aromatic heterocycles. The average molecular weight is 387 g/mol. The third kappa shape index (κ3) is 5.57. The molecule has 0 radical (unpaired) electrons. The Bertz CT molecular complexity index is 672. The van der Waals surface area contributed by atoms with Gasteiger partial charge in [-0.3, -0.25) is 4.90 Å². The Balaban J connectivity index is 2.13. The third-order valence-electron chi connectivity index (χ3n) is 4.47. The van der Waals surface area contributed by atoms with Gasteiger partial charge in [0.1, 0.15) is 16.4 Å². The fourth-order valence-corrected chi connectivity index (χ4v) is 4.35. The normalized spacial score (nSPS) is 17.3. The number of ether oxygens (including phenoxy) is 3. The fourth-order valence-electron chi connectivity index (χ4n) is 3.13. The van der Waals surface area contributed by atoms with Crippen LogP contribution in [0.4, 0.5) is 0 Å². The minimum absolute atomic E-state index is 0.117. The first-order valence-electron chi connectivity index (χ1n) is 8.91. The minimum atomic E-state index is -3.69. The molecule has 1 unspecified atom stereocenters. The summed E-state index contributed by atoms with van der Waals surface area (Å²) >= 11 is 0. The van der Waals surface area contributed by atoms with Crippen LogP contribution in [-0.2, 0) is 14.8 Å². The molecule has 148 valence electrons. The number of morpholine rings is 1. The number of sulfonamides is 1. The lowest BCUT2D eigenvalue weighted by atomic mass is 10.0.